The topological polar surface area (TPSA) is 105 Å². The Morgan fingerprint density at radius 1 is 0.914 bits per heavy atom. The number of carbonyl (C=O) groups is 2. The predicted octanol–water partition coefficient (Wildman–Crippen LogP) is 6.03. The average molecular weight is 472 g/mol. The molecule has 0 saturated heterocycles. The SMILES string of the molecule is CCO[C@H](/C=C/C(=O)O)[C@H](OC(=O)Nc1cccc2ccccc12)c1ccc(O)c2ccccc12. The van der Waals surface area contributed by atoms with Crippen LogP contribution in [0.4, 0.5) is 10.5 Å². The molecular formula is C28H25NO6. The Bertz CT molecular complexity index is 1390. The first kappa shape index (κ1) is 23.8. The fourth-order valence-corrected chi connectivity index (χ4v) is 4.06. The van der Waals surface area contributed by atoms with Crippen molar-refractivity contribution >= 4 is 39.3 Å². The van der Waals surface area contributed by atoms with E-state index in [2.05, 4.69) is 5.32 Å². The number of aliphatic carboxylic acids is 1. The van der Waals surface area contributed by atoms with Crippen molar-refractivity contribution in [1.82, 2.24) is 0 Å². The van der Waals surface area contributed by atoms with E-state index in [9.17, 15) is 19.8 Å². The Morgan fingerprint density at radius 2 is 1.60 bits per heavy atom. The third kappa shape index (κ3) is 5.42. The van der Waals surface area contributed by atoms with Crippen molar-refractivity contribution in [3.63, 3.8) is 0 Å². The monoisotopic (exact) mass is 471 g/mol. The van der Waals surface area contributed by atoms with Crippen molar-refractivity contribution in [1.29, 1.82) is 0 Å². The standard InChI is InChI=1S/C28H25NO6/c1-2-34-25(16-17-26(31)32)27(22-14-15-24(30)21-12-6-5-11-20(21)22)35-28(33)29-23-13-7-9-18-8-3-4-10-19(18)23/h3-17,25,27,30H,2H2,1H3,(H,29,33)(H,31,32)/b17-16+/t25-,27-/m1/s1. The third-order valence-corrected chi connectivity index (χ3v) is 5.59. The minimum Gasteiger partial charge on any atom is -0.507 e. The number of hydrogen-bond acceptors (Lipinski definition) is 5. The molecule has 178 valence electrons. The fourth-order valence-electron chi connectivity index (χ4n) is 4.06. The first-order chi connectivity index (χ1) is 17.0. The minimum absolute atomic E-state index is 0.0809. The fraction of sp³-hybridized carbons (Fsp3) is 0.143. The maximum absolute atomic E-state index is 13.1. The molecule has 1 amide bonds. The van der Waals surface area contributed by atoms with Crippen molar-refractivity contribution in [2.24, 2.45) is 0 Å². The van der Waals surface area contributed by atoms with Crippen molar-refractivity contribution in [3.05, 3.63) is 96.6 Å². The van der Waals surface area contributed by atoms with E-state index in [0.717, 1.165) is 16.8 Å². The second-order valence-corrected chi connectivity index (χ2v) is 7.81. The van der Waals surface area contributed by atoms with Crippen LogP contribution in [0.2, 0.25) is 0 Å². The van der Waals surface area contributed by atoms with Gasteiger partial charge in [0.15, 0.2) is 6.10 Å². The Labute approximate surface area is 202 Å². The van der Waals surface area contributed by atoms with Gasteiger partial charge in [-0.1, -0.05) is 66.7 Å². The second-order valence-electron chi connectivity index (χ2n) is 7.81. The zero-order valence-corrected chi connectivity index (χ0v) is 19.0. The van der Waals surface area contributed by atoms with E-state index in [1.807, 2.05) is 36.4 Å². The summed E-state index contributed by atoms with van der Waals surface area (Å²) in [4.78, 5) is 24.3. The number of anilines is 1. The van der Waals surface area contributed by atoms with Crippen LogP contribution in [0.1, 0.15) is 18.6 Å². The first-order valence-electron chi connectivity index (χ1n) is 11.2. The van der Waals surface area contributed by atoms with Crippen molar-refractivity contribution in [3.8, 4) is 5.75 Å². The normalized spacial score (nSPS) is 13.1. The number of amides is 1. The maximum Gasteiger partial charge on any atom is 0.412 e. The maximum atomic E-state index is 13.1. The molecule has 4 aromatic carbocycles. The third-order valence-electron chi connectivity index (χ3n) is 5.59. The predicted molar refractivity (Wildman–Crippen MR) is 135 cm³/mol. The van der Waals surface area contributed by atoms with Crippen LogP contribution in [0.3, 0.4) is 0 Å². The van der Waals surface area contributed by atoms with E-state index >= 15 is 0 Å². The number of phenolic OH excluding ortho intramolecular Hbond substituents is 1. The summed E-state index contributed by atoms with van der Waals surface area (Å²) in [5.41, 5.74) is 1.15. The minimum atomic E-state index is -1.15. The Kier molecular flexibility index (Phi) is 7.28. The first-order valence-corrected chi connectivity index (χ1v) is 11.2. The number of nitrogens with one attached hydrogen (secondary N) is 1. The summed E-state index contributed by atoms with van der Waals surface area (Å²) in [6.07, 6.45) is -0.295. The number of carboxylic acid groups (broad SMARTS) is 1. The zero-order chi connectivity index (χ0) is 24.8. The number of rotatable bonds is 8. The molecule has 0 aliphatic heterocycles. The lowest BCUT2D eigenvalue weighted by molar-refractivity contribution is -0.131. The molecular weight excluding hydrogens is 446 g/mol. The van der Waals surface area contributed by atoms with E-state index in [0.29, 0.717) is 22.0 Å². The Hall–Kier alpha value is -4.36. The highest BCUT2D eigenvalue weighted by Gasteiger charge is 2.28. The summed E-state index contributed by atoms with van der Waals surface area (Å²) >= 11 is 0. The van der Waals surface area contributed by atoms with E-state index in [1.165, 1.54) is 12.1 Å². The summed E-state index contributed by atoms with van der Waals surface area (Å²) in [5, 5.41) is 25.3. The van der Waals surface area contributed by atoms with Gasteiger partial charge in [0.1, 0.15) is 11.9 Å². The van der Waals surface area contributed by atoms with Crippen LogP contribution in [0, 0.1) is 0 Å². The van der Waals surface area contributed by atoms with E-state index in [-0.39, 0.29) is 12.4 Å². The highest BCUT2D eigenvalue weighted by molar-refractivity contribution is 6.00. The summed E-state index contributed by atoms with van der Waals surface area (Å²) in [6, 6.07) is 23.5. The van der Waals surface area contributed by atoms with Crippen LogP contribution in [-0.2, 0) is 14.3 Å². The molecule has 4 aromatic rings. The summed E-state index contributed by atoms with van der Waals surface area (Å²) in [5.74, 6) is -1.07. The van der Waals surface area contributed by atoms with Gasteiger partial charge >= 0.3 is 12.1 Å². The van der Waals surface area contributed by atoms with Gasteiger partial charge in [0, 0.05) is 29.0 Å². The highest BCUT2D eigenvalue weighted by atomic mass is 16.6. The van der Waals surface area contributed by atoms with Crippen molar-refractivity contribution < 1.29 is 29.3 Å². The van der Waals surface area contributed by atoms with Gasteiger partial charge in [0.25, 0.3) is 0 Å². The molecule has 0 aliphatic carbocycles. The lowest BCUT2D eigenvalue weighted by Gasteiger charge is -2.26. The average Bonchev–Trinajstić information content (AvgIpc) is 2.86. The quantitative estimate of drug-likeness (QED) is 0.271. The largest absolute Gasteiger partial charge is 0.507 e. The summed E-state index contributed by atoms with van der Waals surface area (Å²) < 4.78 is 11.7. The lowest BCUT2D eigenvalue weighted by Crippen LogP contribution is -2.28. The number of fused-ring (bicyclic) bond motifs is 2. The van der Waals surface area contributed by atoms with Gasteiger partial charge in [-0.2, -0.15) is 0 Å². The van der Waals surface area contributed by atoms with Gasteiger partial charge < -0.3 is 19.7 Å². The summed E-state index contributed by atoms with van der Waals surface area (Å²) in [6.45, 7) is 2.03. The van der Waals surface area contributed by atoms with Crippen LogP contribution in [-0.4, -0.2) is 35.0 Å². The molecule has 0 fully saturated rings. The van der Waals surface area contributed by atoms with Gasteiger partial charge in [-0.3, -0.25) is 5.32 Å². The lowest BCUT2D eigenvalue weighted by atomic mass is 9.96. The van der Waals surface area contributed by atoms with E-state index in [4.69, 9.17) is 9.47 Å². The van der Waals surface area contributed by atoms with Crippen LogP contribution in [0.5, 0.6) is 5.75 Å². The molecule has 7 nitrogen and oxygen atoms in total. The van der Waals surface area contributed by atoms with Gasteiger partial charge in [0.2, 0.25) is 0 Å². The van der Waals surface area contributed by atoms with E-state index < -0.39 is 24.3 Å². The highest BCUT2D eigenvalue weighted by Crippen LogP contribution is 2.35. The number of phenols is 1. The molecule has 0 spiro atoms. The van der Waals surface area contributed by atoms with Crippen LogP contribution in [0.15, 0.2) is 91.0 Å². The molecule has 0 unspecified atom stereocenters. The van der Waals surface area contributed by atoms with Gasteiger partial charge in [-0.25, -0.2) is 9.59 Å². The van der Waals surface area contributed by atoms with Gasteiger partial charge in [-0.15, -0.1) is 0 Å². The molecule has 7 heteroatoms. The Balaban J connectivity index is 1.74. The van der Waals surface area contributed by atoms with Gasteiger partial charge in [-0.05, 0) is 35.9 Å². The smallest absolute Gasteiger partial charge is 0.412 e. The number of hydrogen-bond donors (Lipinski definition) is 3. The second kappa shape index (κ2) is 10.7. The molecule has 35 heavy (non-hydrogen) atoms. The number of carbonyl (C=O) groups excluding carboxylic acids is 1. The molecule has 2 atom stereocenters. The number of carboxylic acids is 1. The van der Waals surface area contributed by atoms with Crippen LogP contribution in [0.25, 0.3) is 21.5 Å². The molecule has 0 radical (unpaired) electrons. The molecule has 0 aromatic heterocycles. The van der Waals surface area contributed by atoms with Gasteiger partial charge in [0.05, 0.1) is 5.69 Å². The molecule has 0 saturated carbocycles. The van der Waals surface area contributed by atoms with Crippen LogP contribution < -0.4 is 5.32 Å². The zero-order valence-electron chi connectivity index (χ0n) is 19.0. The van der Waals surface area contributed by atoms with Crippen molar-refractivity contribution in [2.45, 2.75) is 19.1 Å². The number of benzene rings is 4. The molecule has 0 heterocycles. The summed E-state index contributed by atoms with van der Waals surface area (Å²) in [7, 11) is 0. The molecule has 3 N–H and O–H groups in total. The van der Waals surface area contributed by atoms with Crippen molar-refractivity contribution in [2.75, 3.05) is 11.9 Å². The Morgan fingerprint density at radius 3 is 2.34 bits per heavy atom. The van der Waals surface area contributed by atoms with Crippen LogP contribution >= 0.6 is 0 Å². The van der Waals surface area contributed by atoms with E-state index in [1.54, 1.807) is 43.3 Å². The molecule has 4 rings (SSSR count). The number of ether oxygens (including phenoxy) is 2. The molecule has 0 bridgehead atoms. The number of aromatic hydroxyl groups is 1. The molecule has 0 aliphatic rings.